The molecule has 1 aliphatic carbocycles. The molecule has 2 unspecified atom stereocenters. The molecule has 1 fully saturated rings. The normalized spacial score (nSPS) is 19.5. The van der Waals surface area contributed by atoms with Gasteiger partial charge in [-0.2, -0.15) is 0 Å². The van der Waals surface area contributed by atoms with Crippen molar-refractivity contribution in [3.8, 4) is 0 Å². The Hall–Kier alpha value is -1.39. The van der Waals surface area contributed by atoms with Gasteiger partial charge in [-0.1, -0.05) is 30.3 Å². The standard InChI is InChI=1S/C15H22N2O2/c1-15(10-16,12-8-9-12)17-14(18)13(19-2)11-6-4-3-5-7-11/h3-7,12-13H,8-10,16H2,1-2H3,(H,17,18). The van der Waals surface area contributed by atoms with E-state index in [-0.39, 0.29) is 11.4 Å². The second-order valence-electron chi connectivity index (χ2n) is 5.41. The van der Waals surface area contributed by atoms with Crippen molar-refractivity contribution in [3.63, 3.8) is 0 Å². The van der Waals surface area contributed by atoms with Crippen molar-refractivity contribution in [3.05, 3.63) is 35.9 Å². The first-order chi connectivity index (χ1) is 9.10. The van der Waals surface area contributed by atoms with Crippen LogP contribution in [-0.2, 0) is 9.53 Å². The third-order valence-electron chi connectivity index (χ3n) is 3.89. The highest BCUT2D eigenvalue weighted by Gasteiger charge is 2.42. The Bertz CT molecular complexity index is 431. The molecule has 3 N–H and O–H groups in total. The molecular weight excluding hydrogens is 240 g/mol. The molecule has 0 saturated heterocycles. The van der Waals surface area contributed by atoms with E-state index in [0.717, 1.165) is 18.4 Å². The van der Waals surface area contributed by atoms with E-state index in [0.29, 0.717) is 12.5 Å². The maximum Gasteiger partial charge on any atom is 0.254 e. The lowest BCUT2D eigenvalue weighted by atomic mass is 9.95. The molecule has 1 aromatic rings. The van der Waals surface area contributed by atoms with Gasteiger partial charge in [-0.3, -0.25) is 4.79 Å². The van der Waals surface area contributed by atoms with Crippen molar-refractivity contribution in [1.29, 1.82) is 0 Å². The largest absolute Gasteiger partial charge is 0.367 e. The van der Waals surface area contributed by atoms with E-state index in [9.17, 15) is 4.79 Å². The summed E-state index contributed by atoms with van der Waals surface area (Å²) in [5, 5.41) is 3.07. The summed E-state index contributed by atoms with van der Waals surface area (Å²) >= 11 is 0. The number of hydrogen-bond donors (Lipinski definition) is 2. The van der Waals surface area contributed by atoms with Crippen molar-refractivity contribution in [1.82, 2.24) is 5.32 Å². The third kappa shape index (κ3) is 3.14. The van der Waals surface area contributed by atoms with Crippen LogP contribution in [-0.4, -0.2) is 25.1 Å². The highest BCUT2D eigenvalue weighted by atomic mass is 16.5. The molecule has 0 bridgehead atoms. The highest BCUT2D eigenvalue weighted by molar-refractivity contribution is 5.83. The molecule has 0 aliphatic heterocycles. The molecule has 4 heteroatoms. The summed E-state index contributed by atoms with van der Waals surface area (Å²) in [6.45, 7) is 2.47. The van der Waals surface area contributed by atoms with Crippen molar-refractivity contribution in [2.24, 2.45) is 11.7 Å². The Morgan fingerprint density at radius 3 is 2.58 bits per heavy atom. The predicted molar refractivity (Wildman–Crippen MR) is 74.5 cm³/mol. The second kappa shape index (κ2) is 5.72. The van der Waals surface area contributed by atoms with E-state index in [1.807, 2.05) is 37.3 Å². The van der Waals surface area contributed by atoms with E-state index >= 15 is 0 Å². The molecule has 1 aliphatic rings. The van der Waals surface area contributed by atoms with Gasteiger partial charge >= 0.3 is 0 Å². The van der Waals surface area contributed by atoms with Gasteiger partial charge in [0.05, 0.1) is 5.54 Å². The molecule has 2 rings (SSSR count). The number of ether oxygens (including phenoxy) is 1. The van der Waals surface area contributed by atoms with Crippen LogP contribution < -0.4 is 11.1 Å². The molecule has 0 aromatic heterocycles. The number of rotatable bonds is 6. The van der Waals surface area contributed by atoms with Crippen LogP contribution in [0.1, 0.15) is 31.4 Å². The van der Waals surface area contributed by atoms with Gasteiger partial charge in [0.25, 0.3) is 5.91 Å². The summed E-state index contributed by atoms with van der Waals surface area (Å²) in [4.78, 5) is 12.4. The van der Waals surface area contributed by atoms with Gasteiger partial charge in [0, 0.05) is 13.7 Å². The average molecular weight is 262 g/mol. The van der Waals surface area contributed by atoms with Crippen molar-refractivity contribution in [2.75, 3.05) is 13.7 Å². The van der Waals surface area contributed by atoms with Crippen molar-refractivity contribution < 1.29 is 9.53 Å². The molecular formula is C15H22N2O2. The molecule has 4 nitrogen and oxygen atoms in total. The van der Waals surface area contributed by atoms with Crippen LogP contribution in [0.3, 0.4) is 0 Å². The lowest BCUT2D eigenvalue weighted by Crippen LogP contribution is -2.54. The number of benzene rings is 1. The van der Waals surface area contributed by atoms with E-state index in [1.54, 1.807) is 7.11 Å². The smallest absolute Gasteiger partial charge is 0.254 e. The minimum Gasteiger partial charge on any atom is -0.367 e. The van der Waals surface area contributed by atoms with Crippen LogP contribution in [0.15, 0.2) is 30.3 Å². The SMILES string of the molecule is COC(C(=O)NC(C)(CN)C1CC1)c1ccccc1. The van der Waals surface area contributed by atoms with Crippen LogP contribution >= 0.6 is 0 Å². The van der Waals surface area contributed by atoms with Gasteiger partial charge in [-0.15, -0.1) is 0 Å². The van der Waals surface area contributed by atoms with E-state index in [4.69, 9.17) is 10.5 Å². The number of carbonyl (C=O) groups excluding carboxylic acids is 1. The van der Waals surface area contributed by atoms with Gasteiger partial charge < -0.3 is 15.8 Å². The number of methoxy groups -OCH3 is 1. The Morgan fingerprint density at radius 1 is 1.47 bits per heavy atom. The van der Waals surface area contributed by atoms with Gasteiger partial charge in [0.1, 0.15) is 0 Å². The number of hydrogen-bond acceptors (Lipinski definition) is 3. The molecule has 1 amide bonds. The Labute approximate surface area is 114 Å². The zero-order chi connectivity index (χ0) is 13.9. The second-order valence-corrected chi connectivity index (χ2v) is 5.41. The van der Waals surface area contributed by atoms with Gasteiger partial charge in [-0.05, 0) is 31.2 Å². The highest BCUT2D eigenvalue weighted by Crippen LogP contribution is 2.39. The van der Waals surface area contributed by atoms with Crippen LogP contribution in [0.2, 0.25) is 0 Å². The number of nitrogens with two attached hydrogens (primary N) is 1. The molecule has 0 radical (unpaired) electrons. The van der Waals surface area contributed by atoms with Crippen LogP contribution in [0.5, 0.6) is 0 Å². The summed E-state index contributed by atoms with van der Waals surface area (Å²) in [6, 6.07) is 9.51. The zero-order valence-corrected chi connectivity index (χ0v) is 11.6. The maximum absolute atomic E-state index is 12.4. The first-order valence-electron chi connectivity index (χ1n) is 6.70. The lowest BCUT2D eigenvalue weighted by molar-refractivity contribution is -0.133. The quantitative estimate of drug-likeness (QED) is 0.818. The van der Waals surface area contributed by atoms with Crippen LogP contribution in [0, 0.1) is 5.92 Å². The monoisotopic (exact) mass is 262 g/mol. The molecule has 2 atom stereocenters. The third-order valence-corrected chi connectivity index (χ3v) is 3.89. The van der Waals surface area contributed by atoms with Gasteiger partial charge in [0.15, 0.2) is 6.10 Å². The lowest BCUT2D eigenvalue weighted by Gasteiger charge is -2.31. The summed E-state index contributed by atoms with van der Waals surface area (Å²) in [6.07, 6.45) is 1.69. The Morgan fingerprint density at radius 2 is 2.11 bits per heavy atom. The fourth-order valence-corrected chi connectivity index (χ4v) is 2.41. The first kappa shape index (κ1) is 14.0. The van der Waals surface area contributed by atoms with E-state index in [2.05, 4.69) is 5.32 Å². The van der Waals surface area contributed by atoms with Crippen LogP contribution in [0.25, 0.3) is 0 Å². The molecule has 104 valence electrons. The van der Waals surface area contributed by atoms with Crippen LogP contribution in [0.4, 0.5) is 0 Å². The zero-order valence-electron chi connectivity index (χ0n) is 11.6. The van der Waals surface area contributed by atoms with Crippen molar-refractivity contribution in [2.45, 2.75) is 31.4 Å². The molecule has 0 spiro atoms. The number of nitrogens with one attached hydrogen (secondary N) is 1. The number of amides is 1. The summed E-state index contributed by atoms with van der Waals surface area (Å²) in [5.74, 6) is 0.378. The first-order valence-corrected chi connectivity index (χ1v) is 6.70. The van der Waals surface area contributed by atoms with E-state index in [1.165, 1.54) is 0 Å². The fourth-order valence-electron chi connectivity index (χ4n) is 2.41. The summed E-state index contributed by atoms with van der Waals surface area (Å²) in [5.41, 5.74) is 6.36. The Balaban J connectivity index is 2.09. The topological polar surface area (TPSA) is 64.3 Å². The number of carbonyl (C=O) groups is 1. The molecule has 1 aromatic carbocycles. The van der Waals surface area contributed by atoms with Gasteiger partial charge in [0.2, 0.25) is 0 Å². The minimum atomic E-state index is -0.578. The maximum atomic E-state index is 12.4. The minimum absolute atomic E-state index is 0.117. The predicted octanol–water partition coefficient (Wildman–Crippen LogP) is 1.62. The molecule has 19 heavy (non-hydrogen) atoms. The Kier molecular flexibility index (Phi) is 4.22. The molecule has 1 saturated carbocycles. The van der Waals surface area contributed by atoms with E-state index < -0.39 is 6.10 Å². The fraction of sp³-hybridized carbons (Fsp3) is 0.533. The van der Waals surface area contributed by atoms with Gasteiger partial charge in [-0.25, -0.2) is 0 Å². The summed E-state index contributed by atoms with van der Waals surface area (Å²) < 4.78 is 5.34. The summed E-state index contributed by atoms with van der Waals surface area (Å²) in [7, 11) is 1.55. The average Bonchev–Trinajstić information content (AvgIpc) is 3.25. The van der Waals surface area contributed by atoms with Crippen molar-refractivity contribution >= 4 is 5.91 Å². The molecule has 0 heterocycles.